The van der Waals surface area contributed by atoms with Gasteiger partial charge in [0.2, 0.25) is 0 Å². The van der Waals surface area contributed by atoms with Gasteiger partial charge in [-0.2, -0.15) is 0 Å². The average Bonchev–Trinajstić information content (AvgIpc) is 1.85. The Hall–Kier alpha value is -0.0800. The molecule has 1 rings (SSSR count). The molecule has 0 heterocycles. The van der Waals surface area contributed by atoms with Crippen molar-refractivity contribution in [1.82, 2.24) is 0 Å². The first-order valence-corrected chi connectivity index (χ1v) is 3.06. The standard InChI is InChI=1S/C6H12O2/c1-4-2-5(7)6(8)3-4/h4-8H,2-3H2,1H3/t4-,5-,6+. The summed E-state index contributed by atoms with van der Waals surface area (Å²) in [5, 5.41) is 17.8. The molecule has 0 unspecified atom stereocenters. The van der Waals surface area contributed by atoms with Crippen LogP contribution in [0.5, 0.6) is 0 Å². The Labute approximate surface area is 49.1 Å². The average molecular weight is 116 g/mol. The second-order valence-corrected chi connectivity index (χ2v) is 2.71. The zero-order valence-electron chi connectivity index (χ0n) is 5.04. The van der Waals surface area contributed by atoms with Crippen LogP contribution in [0, 0.1) is 5.92 Å². The molecule has 8 heavy (non-hydrogen) atoms. The van der Waals surface area contributed by atoms with E-state index in [4.69, 9.17) is 10.2 Å². The quantitative estimate of drug-likeness (QED) is 0.472. The van der Waals surface area contributed by atoms with Crippen molar-refractivity contribution < 1.29 is 10.2 Å². The van der Waals surface area contributed by atoms with E-state index >= 15 is 0 Å². The Balaban J connectivity index is 2.39. The van der Waals surface area contributed by atoms with Crippen LogP contribution in [0.15, 0.2) is 0 Å². The molecule has 0 aromatic heterocycles. The zero-order valence-corrected chi connectivity index (χ0v) is 5.04. The Morgan fingerprint density at radius 3 is 1.62 bits per heavy atom. The van der Waals surface area contributed by atoms with Crippen LogP contribution in [-0.4, -0.2) is 22.4 Å². The van der Waals surface area contributed by atoms with Crippen molar-refractivity contribution in [3.63, 3.8) is 0 Å². The predicted molar refractivity (Wildman–Crippen MR) is 30.4 cm³/mol. The molecule has 1 saturated carbocycles. The third kappa shape index (κ3) is 1.01. The normalized spacial score (nSPS) is 47.6. The third-order valence-electron chi connectivity index (χ3n) is 1.73. The molecule has 1 aliphatic carbocycles. The van der Waals surface area contributed by atoms with Crippen LogP contribution in [0.4, 0.5) is 0 Å². The summed E-state index contributed by atoms with van der Waals surface area (Å²) in [5.41, 5.74) is 0. The van der Waals surface area contributed by atoms with Crippen molar-refractivity contribution in [3.05, 3.63) is 0 Å². The van der Waals surface area contributed by atoms with Gasteiger partial charge in [0.05, 0.1) is 12.2 Å². The molecule has 2 nitrogen and oxygen atoms in total. The largest absolute Gasteiger partial charge is 0.390 e. The molecule has 0 aromatic rings. The van der Waals surface area contributed by atoms with E-state index in [1.165, 1.54) is 0 Å². The van der Waals surface area contributed by atoms with Crippen LogP contribution in [-0.2, 0) is 0 Å². The van der Waals surface area contributed by atoms with Crippen LogP contribution >= 0.6 is 0 Å². The van der Waals surface area contributed by atoms with Gasteiger partial charge in [-0.1, -0.05) is 6.92 Å². The molecule has 0 saturated heterocycles. The summed E-state index contributed by atoms with van der Waals surface area (Å²) >= 11 is 0. The van der Waals surface area contributed by atoms with Crippen molar-refractivity contribution in [2.45, 2.75) is 32.0 Å². The van der Waals surface area contributed by atoms with Crippen LogP contribution in [0.25, 0.3) is 0 Å². The lowest BCUT2D eigenvalue weighted by Crippen LogP contribution is -2.17. The van der Waals surface area contributed by atoms with Crippen LogP contribution in [0.1, 0.15) is 19.8 Å². The minimum atomic E-state index is -0.454. The lowest BCUT2D eigenvalue weighted by molar-refractivity contribution is 0.0438. The highest BCUT2D eigenvalue weighted by Crippen LogP contribution is 2.24. The molecule has 0 spiro atoms. The van der Waals surface area contributed by atoms with Crippen LogP contribution in [0.3, 0.4) is 0 Å². The summed E-state index contributed by atoms with van der Waals surface area (Å²) in [4.78, 5) is 0. The van der Waals surface area contributed by atoms with Gasteiger partial charge in [0.25, 0.3) is 0 Å². The zero-order chi connectivity index (χ0) is 6.15. The Morgan fingerprint density at radius 2 is 1.50 bits per heavy atom. The fourth-order valence-corrected chi connectivity index (χ4v) is 1.23. The molecule has 0 aliphatic heterocycles. The van der Waals surface area contributed by atoms with Crippen molar-refractivity contribution >= 4 is 0 Å². The molecular formula is C6H12O2. The Morgan fingerprint density at radius 1 is 1.12 bits per heavy atom. The van der Waals surface area contributed by atoms with E-state index in [1.54, 1.807) is 0 Å². The maximum absolute atomic E-state index is 8.92. The molecule has 0 aromatic carbocycles. The maximum Gasteiger partial charge on any atom is 0.0801 e. The van der Waals surface area contributed by atoms with Gasteiger partial charge in [-0.05, 0) is 18.8 Å². The van der Waals surface area contributed by atoms with Crippen molar-refractivity contribution in [3.8, 4) is 0 Å². The van der Waals surface area contributed by atoms with Gasteiger partial charge in [-0.25, -0.2) is 0 Å². The first kappa shape index (κ1) is 6.05. The smallest absolute Gasteiger partial charge is 0.0801 e. The molecule has 0 radical (unpaired) electrons. The van der Waals surface area contributed by atoms with Crippen molar-refractivity contribution in [2.75, 3.05) is 0 Å². The SMILES string of the molecule is C[C@@H]1C[C@@H](O)[C@@H](O)C1. The van der Waals surface area contributed by atoms with Gasteiger partial charge in [0, 0.05) is 0 Å². The first-order valence-electron chi connectivity index (χ1n) is 3.06. The summed E-state index contributed by atoms with van der Waals surface area (Å²) in [5.74, 6) is 0.500. The summed E-state index contributed by atoms with van der Waals surface area (Å²) in [6, 6.07) is 0. The molecule has 3 atom stereocenters. The van der Waals surface area contributed by atoms with E-state index in [-0.39, 0.29) is 0 Å². The van der Waals surface area contributed by atoms with Crippen molar-refractivity contribution in [1.29, 1.82) is 0 Å². The van der Waals surface area contributed by atoms with E-state index in [9.17, 15) is 0 Å². The Bertz CT molecular complexity index is 72.6. The minimum absolute atomic E-state index is 0.454. The highest BCUT2D eigenvalue weighted by molar-refractivity contribution is 4.79. The number of aliphatic hydroxyl groups is 2. The summed E-state index contributed by atoms with van der Waals surface area (Å²) < 4.78 is 0. The Kier molecular flexibility index (Phi) is 1.54. The third-order valence-corrected chi connectivity index (χ3v) is 1.73. The highest BCUT2D eigenvalue weighted by atomic mass is 16.3. The lowest BCUT2D eigenvalue weighted by atomic mass is 10.1. The second kappa shape index (κ2) is 2.03. The van der Waals surface area contributed by atoms with E-state index in [0.29, 0.717) is 5.92 Å². The van der Waals surface area contributed by atoms with Crippen molar-refractivity contribution in [2.24, 2.45) is 5.92 Å². The van der Waals surface area contributed by atoms with E-state index in [2.05, 4.69) is 0 Å². The van der Waals surface area contributed by atoms with Gasteiger partial charge in [-0.15, -0.1) is 0 Å². The summed E-state index contributed by atoms with van der Waals surface area (Å²) in [7, 11) is 0. The molecule has 0 bridgehead atoms. The highest BCUT2D eigenvalue weighted by Gasteiger charge is 2.27. The topological polar surface area (TPSA) is 40.5 Å². The fraction of sp³-hybridized carbons (Fsp3) is 1.00. The van der Waals surface area contributed by atoms with Gasteiger partial charge >= 0.3 is 0 Å². The molecule has 1 fully saturated rings. The molecule has 1 aliphatic rings. The number of hydrogen-bond acceptors (Lipinski definition) is 2. The summed E-state index contributed by atoms with van der Waals surface area (Å²) in [6.07, 6.45) is 0.623. The minimum Gasteiger partial charge on any atom is -0.390 e. The number of aliphatic hydroxyl groups excluding tert-OH is 2. The first-order chi connectivity index (χ1) is 3.70. The van der Waals surface area contributed by atoms with E-state index < -0.39 is 12.2 Å². The summed E-state index contributed by atoms with van der Waals surface area (Å²) in [6.45, 7) is 2.04. The molecule has 2 heteroatoms. The van der Waals surface area contributed by atoms with Gasteiger partial charge in [-0.3, -0.25) is 0 Å². The number of hydrogen-bond donors (Lipinski definition) is 2. The van der Waals surface area contributed by atoms with Gasteiger partial charge < -0.3 is 10.2 Å². The predicted octanol–water partition coefficient (Wildman–Crippen LogP) is 0.138. The second-order valence-electron chi connectivity index (χ2n) is 2.71. The molecule has 48 valence electrons. The fourth-order valence-electron chi connectivity index (χ4n) is 1.23. The molecule has 0 amide bonds. The van der Waals surface area contributed by atoms with Gasteiger partial charge in [0.15, 0.2) is 0 Å². The van der Waals surface area contributed by atoms with Crippen LogP contribution in [0.2, 0.25) is 0 Å². The maximum atomic E-state index is 8.92. The van der Waals surface area contributed by atoms with Crippen LogP contribution < -0.4 is 0 Å². The number of rotatable bonds is 0. The molecular weight excluding hydrogens is 104 g/mol. The monoisotopic (exact) mass is 116 g/mol. The van der Waals surface area contributed by atoms with E-state index in [1.807, 2.05) is 6.92 Å². The molecule has 2 N–H and O–H groups in total. The lowest BCUT2D eigenvalue weighted by Gasteiger charge is -2.03. The van der Waals surface area contributed by atoms with E-state index in [0.717, 1.165) is 12.8 Å². The van der Waals surface area contributed by atoms with Gasteiger partial charge in [0.1, 0.15) is 0 Å².